The molecule has 0 aromatic heterocycles. The highest BCUT2D eigenvalue weighted by Crippen LogP contribution is 2.32. The van der Waals surface area contributed by atoms with E-state index in [0.29, 0.717) is 30.6 Å². The topological polar surface area (TPSA) is 85.3 Å². The minimum atomic E-state index is -1.10. The van der Waals surface area contributed by atoms with Gasteiger partial charge in [0.15, 0.2) is 6.61 Å². The lowest BCUT2D eigenvalue weighted by Gasteiger charge is -2.34. The highest BCUT2D eigenvalue weighted by molar-refractivity contribution is 6.30. The molecule has 2 atom stereocenters. The lowest BCUT2D eigenvalue weighted by Crippen LogP contribution is -2.49. The Morgan fingerprint density at radius 1 is 1.15 bits per heavy atom. The van der Waals surface area contributed by atoms with E-state index >= 15 is 0 Å². The molecule has 2 saturated heterocycles. The number of carboxylic acids is 1. The maximum Gasteiger partial charge on any atom is 0.341 e. The predicted molar refractivity (Wildman–Crippen MR) is 124 cm³/mol. The van der Waals surface area contributed by atoms with Crippen LogP contribution in [-0.4, -0.2) is 72.1 Å². The summed E-state index contributed by atoms with van der Waals surface area (Å²) in [6, 6.07) is 12.0. The van der Waals surface area contributed by atoms with E-state index < -0.39 is 24.5 Å². The van der Waals surface area contributed by atoms with Gasteiger partial charge in [0.2, 0.25) is 0 Å². The molecule has 2 aromatic rings. The smallest absolute Gasteiger partial charge is 0.341 e. The monoisotopic (exact) mass is 477 g/mol. The molecular formula is C24H29ClFN3O4. The molecule has 33 heavy (non-hydrogen) atoms. The van der Waals surface area contributed by atoms with Crippen molar-refractivity contribution < 1.29 is 24.1 Å². The molecule has 4 rings (SSSR count). The first-order chi connectivity index (χ1) is 15.9. The van der Waals surface area contributed by atoms with Gasteiger partial charge in [-0.1, -0.05) is 23.7 Å². The molecule has 1 unspecified atom stereocenters. The molecule has 0 bridgehead atoms. The summed E-state index contributed by atoms with van der Waals surface area (Å²) in [7, 11) is 0. The van der Waals surface area contributed by atoms with E-state index in [1.807, 2.05) is 17.0 Å². The number of benzene rings is 2. The van der Waals surface area contributed by atoms with Crippen LogP contribution in [0.15, 0.2) is 42.5 Å². The fraction of sp³-hybridized carbons (Fsp3) is 0.458. The van der Waals surface area contributed by atoms with E-state index in [2.05, 4.69) is 22.3 Å². The summed E-state index contributed by atoms with van der Waals surface area (Å²) in [5.74, 6) is -1.25. The first-order valence-electron chi connectivity index (χ1n) is 11.2. The van der Waals surface area contributed by atoms with E-state index in [1.165, 1.54) is 23.8 Å². The number of nitrogens with one attached hydrogen (secondary N) is 1. The summed E-state index contributed by atoms with van der Waals surface area (Å²) in [5, 5.41) is 23.9. The van der Waals surface area contributed by atoms with Gasteiger partial charge < -0.3 is 25.2 Å². The van der Waals surface area contributed by atoms with Crippen LogP contribution >= 0.6 is 11.6 Å². The van der Waals surface area contributed by atoms with E-state index in [4.69, 9.17) is 21.4 Å². The zero-order valence-electron chi connectivity index (χ0n) is 18.3. The number of likely N-dealkylation sites (tertiary alicyclic amines) is 1. The molecule has 3 N–H and O–H groups in total. The summed E-state index contributed by atoms with van der Waals surface area (Å²) >= 11 is 5.97. The highest BCUT2D eigenvalue weighted by Gasteiger charge is 2.35. The number of β-amino-alcohol motifs (C(OH)–C–C–N with tert-alkyl or cyclic N) is 1. The van der Waals surface area contributed by atoms with Crippen molar-refractivity contribution in [1.82, 2.24) is 10.2 Å². The van der Waals surface area contributed by atoms with Crippen molar-refractivity contribution >= 4 is 23.3 Å². The van der Waals surface area contributed by atoms with Gasteiger partial charge in [0.25, 0.3) is 0 Å². The third kappa shape index (κ3) is 6.35. The number of hydrogen-bond acceptors (Lipinski definition) is 6. The first-order valence-corrected chi connectivity index (χ1v) is 11.5. The van der Waals surface area contributed by atoms with Gasteiger partial charge in [-0.3, -0.25) is 4.90 Å². The first kappa shape index (κ1) is 23.8. The Hall–Kier alpha value is -2.39. The molecule has 0 aliphatic carbocycles. The Morgan fingerprint density at radius 2 is 1.88 bits per heavy atom. The van der Waals surface area contributed by atoms with Crippen LogP contribution in [-0.2, 0) is 11.3 Å². The number of carbonyl (C=O) groups is 1. The lowest BCUT2D eigenvalue weighted by molar-refractivity contribution is -0.139. The summed E-state index contributed by atoms with van der Waals surface area (Å²) in [6.45, 7) is 3.11. The molecule has 2 fully saturated rings. The number of ether oxygens (including phenoxy) is 1. The number of carboxylic acid groups (broad SMARTS) is 1. The van der Waals surface area contributed by atoms with Gasteiger partial charge in [-0.2, -0.15) is 0 Å². The summed E-state index contributed by atoms with van der Waals surface area (Å²) < 4.78 is 19.2. The lowest BCUT2D eigenvalue weighted by atomic mass is 10.0. The summed E-state index contributed by atoms with van der Waals surface area (Å²) in [6.07, 6.45) is 1.33. The van der Waals surface area contributed by atoms with Crippen LogP contribution in [0.4, 0.5) is 10.1 Å². The third-order valence-corrected chi connectivity index (χ3v) is 6.51. The van der Waals surface area contributed by atoms with E-state index in [1.54, 1.807) is 0 Å². The predicted octanol–water partition coefficient (Wildman–Crippen LogP) is 2.75. The average Bonchev–Trinajstić information content (AvgIpc) is 3.15. The molecule has 0 radical (unpaired) electrons. The number of aliphatic hydroxyl groups is 1. The number of aliphatic carboxylic acids is 1. The van der Waals surface area contributed by atoms with Crippen molar-refractivity contribution in [3.63, 3.8) is 0 Å². The Kier molecular flexibility index (Phi) is 7.70. The van der Waals surface area contributed by atoms with Crippen molar-refractivity contribution in [3.05, 3.63) is 58.9 Å². The fourth-order valence-corrected chi connectivity index (χ4v) is 4.68. The van der Waals surface area contributed by atoms with E-state index in [9.17, 15) is 14.3 Å². The Morgan fingerprint density at radius 3 is 2.58 bits per heavy atom. The van der Waals surface area contributed by atoms with Crippen molar-refractivity contribution in [1.29, 1.82) is 0 Å². The Bertz CT molecular complexity index is 953. The summed E-state index contributed by atoms with van der Waals surface area (Å²) in [4.78, 5) is 15.1. The SMILES string of the molecule is O=C(O)COc1ccc(F)cc1N1CC(NC2CCN(Cc3ccc(Cl)cc3)CC2)[C@H](O)C1. The minimum absolute atomic E-state index is 0.159. The molecule has 7 nitrogen and oxygen atoms in total. The number of aliphatic hydroxyl groups excluding tert-OH is 1. The van der Waals surface area contributed by atoms with Crippen LogP contribution in [0.2, 0.25) is 5.02 Å². The molecule has 0 saturated carbocycles. The number of piperidine rings is 1. The van der Waals surface area contributed by atoms with E-state index in [-0.39, 0.29) is 6.04 Å². The van der Waals surface area contributed by atoms with Crippen LogP contribution in [0.25, 0.3) is 0 Å². The second kappa shape index (κ2) is 10.7. The van der Waals surface area contributed by atoms with Crippen molar-refractivity contribution in [2.45, 2.75) is 37.6 Å². The van der Waals surface area contributed by atoms with Gasteiger partial charge in [-0.05, 0) is 55.8 Å². The molecule has 2 heterocycles. The van der Waals surface area contributed by atoms with Crippen molar-refractivity contribution in [2.24, 2.45) is 0 Å². The van der Waals surface area contributed by atoms with Gasteiger partial charge in [-0.15, -0.1) is 0 Å². The molecule has 2 aliphatic rings. The normalized spacial score (nSPS) is 22.0. The maximum absolute atomic E-state index is 13.9. The Balaban J connectivity index is 1.31. The molecule has 9 heteroatoms. The van der Waals surface area contributed by atoms with E-state index in [0.717, 1.165) is 37.5 Å². The van der Waals surface area contributed by atoms with Gasteiger partial charge in [0, 0.05) is 36.8 Å². The highest BCUT2D eigenvalue weighted by atomic mass is 35.5. The van der Waals surface area contributed by atoms with Crippen LogP contribution in [0.5, 0.6) is 5.75 Å². The minimum Gasteiger partial charge on any atom is -0.480 e. The largest absolute Gasteiger partial charge is 0.480 e. The number of anilines is 1. The second-order valence-electron chi connectivity index (χ2n) is 8.72. The third-order valence-electron chi connectivity index (χ3n) is 6.26. The van der Waals surface area contributed by atoms with Crippen LogP contribution < -0.4 is 15.0 Å². The van der Waals surface area contributed by atoms with Gasteiger partial charge in [0.05, 0.1) is 17.8 Å². The number of hydrogen-bond donors (Lipinski definition) is 3. The zero-order chi connectivity index (χ0) is 23.4. The molecule has 0 amide bonds. The van der Waals surface area contributed by atoms with Crippen molar-refractivity contribution in [2.75, 3.05) is 37.7 Å². The van der Waals surface area contributed by atoms with Crippen LogP contribution in [0.1, 0.15) is 18.4 Å². The number of rotatable bonds is 8. The maximum atomic E-state index is 13.9. The fourth-order valence-electron chi connectivity index (χ4n) is 4.55. The quantitative estimate of drug-likeness (QED) is 0.539. The standard InChI is InChI=1S/C24H29ClFN3O4/c25-17-3-1-16(2-4-17)12-28-9-7-19(8-10-28)27-20-13-29(14-22(20)30)21-11-18(26)5-6-23(21)33-15-24(31)32/h1-6,11,19-20,22,27,30H,7-10,12-15H2,(H,31,32)/t20?,22-/m1/s1. The average molecular weight is 478 g/mol. The van der Waals surface area contributed by atoms with Crippen LogP contribution in [0.3, 0.4) is 0 Å². The van der Waals surface area contributed by atoms with Gasteiger partial charge in [0.1, 0.15) is 11.6 Å². The molecule has 2 aromatic carbocycles. The molecule has 0 spiro atoms. The van der Waals surface area contributed by atoms with Crippen molar-refractivity contribution in [3.8, 4) is 5.75 Å². The van der Waals surface area contributed by atoms with Gasteiger partial charge >= 0.3 is 5.97 Å². The number of halogens is 2. The molecule has 178 valence electrons. The molecule has 2 aliphatic heterocycles. The second-order valence-corrected chi connectivity index (χ2v) is 9.15. The Labute approximate surface area is 197 Å². The van der Waals surface area contributed by atoms with Crippen LogP contribution in [0, 0.1) is 5.82 Å². The molecular weight excluding hydrogens is 449 g/mol. The number of nitrogens with zero attached hydrogens (tertiary/aromatic N) is 2. The van der Waals surface area contributed by atoms with Gasteiger partial charge in [-0.25, -0.2) is 9.18 Å². The zero-order valence-corrected chi connectivity index (χ0v) is 19.0. The summed E-state index contributed by atoms with van der Waals surface area (Å²) in [5.41, 5.74) is 1.70.